The highest BCUT2D eigenvalue weighted by molar-refractivity contribution is 6.60. The number of carbonyl (C=O) groups excluding carboxylic acids is 1. The van der Waals surface area contributed by atoms with Crippen LogP contribution in [0.25, 0.3) is 0 Å². The van der Waals surface area contributed by atoms with Gasteiger partial charge in [-0.3, -0.25) is 0 Å². The molecule has 0 aliphatic carbocycles. The van der Waals surface area contributed by atoms with Crippen LogP contribution in [-0.2, 0) is 18.1 Å². The molecule has 0 saturated carbocycles. The van der Waals surface area contributed by atoms with E-state index in [1.807, 2.05) is 6.92 Å². The Morgan fingerprint density at radius 2 is 1.50 bits per heavy atom. The van der Waals surface area contributed by atoms with Crippen molar-refractivity contribution in [1.29, 1.82) is 5.41 Å². The molecule has 0 aromatic heterocycles. The van der Waals surface area contributed by atoms with Gasteiger partial charge in [0.25, 0.3) is 0 Å². The summed E-state index contributed by atoms with van der Waals surface area (Å²) in [5.74, 6) is 0. The molecule has 0 saturated heterocycles. The van der Waals surface area contributed by atoms with Crippen molar-refractivity contribution in [2.75, 3.05) is 21.3 Å². The lowest BCUT2D eigenvalue weighted by Gasteiger charge is -2.22. The second kappa shape index (κ2) is 8.57. The van der Waals surface area contributed by atoms with E-state index >= 15 is 0 Å². The summed E-state index contributed by atoms with van der Waals surface area (Å²) in [6.07, 6.45) is 0.750. The van der Waals surface area contributed by atoms with Crippen LogP contribution in [0.5, 0.6) is 0 Å². The lowest BCUT2D eigenvalue weighted by Crippen LogP contribution is -2.41. The summed E-state index contributed by atoms with van der Waals surface area (Å²) in [7, 11) is 2.65. The fourth-order valence-corrected chi connectivity index (χ4v) is 2.05. The molecular weight excluding hydrogens is 178 g/mol. The second-order valence-electron chi connectivity index (χ2n) is 1.75. The molecule has 0 amide bonds. The van der Waals surface area contributed by atoms with Gasteiger partial charge in [-0.1, -0.05) is 6.92 Å². The fraction of sp³-hybridized carbons (Fsp3) is 0.833. The molecule has 0 atom stereocenters. The molecule has 0 rings (SSSR count). The van der Waals surface area contributed by atoms with Crippen LogP contribution in [-0.4, -0.2) is 36.2 Å². The maximum Gasteiger partial charge on any atom is 0.499 e. The number of hydrogen-bond acceptors (Lipinski definition) is 5. The standard InChI is InChI=1S/C5H14O3Si.CHNO/c1-5-9(6-2,7-3)8-4;2-1-3/h5H2,1-4H3;2H. The summed E-state index contributed by atoms with van der Waals surface area (Å²) in [5, 5.41) is 5.40. The molecule has 6 heteroatoms. The minimum atomic E-state index is -2.19. The van der Waals surface area contributed by atoms with E-state index < -0.39 is 8.80 Å². The second-order valence-corrected chi connectivity index (χ2v) is 5.05. The Morgan fingerprint density at radius 1 is 1.25 bits per heavy atom. The van der Waals surface area contributed by atoms with Crippen LogP contribution < -0.4 is 0 Å². The SMILES string of the molecule is CC[Si](OC)(OC)OC.N=C=O. The zero-order valence-corrected chi connectivity index (χ0v) is 8.84. The average Bonchev–Trinajstić information content (AvgIpc) is 2.11. The van der Waals surface area contributed by atoms with Crippen molar-refractivity contribution < 1.29 is 18.1 Å². The van der Waals surface area contributed by atoms with E-state index in [-0.39, 0.29) is 0 Å². The molecule has 0 aromatic carbocycles. The highest BCUT2D eigenvalue weighted by Gasteiger charge is 2.34. The summed E-state index contributed by atoms with van der Waals surface area (Å²) < 4.78 is 15.2. The highest BCUT2D eigenvalue weighted by atomic mass is 28.4. The van der Waals surface area contributed by atoms with E-state index in [0.717, 1.165) is 12.1 Å². The quantitative estimate of drug-likeness (QED) is 0.407. The lowest BCUT2D eigenvalue weighted by atomic mass is 11.0. The van der Waals surface area contributed by atoms with Crippen LogP contribution in [0.15, 0.2) is 0 Å². The van der Waals surface area contributed by atoms with Gasteiger partial charge in [-0.15, -0.1) is 0 Å². The predicted octanol–water partition coefficient (Wildman–Crippen LogP) is 0.785. The van der Waals surface area contributed by atoms with Crippen molar-refractivity contribution in [1.82, 2.24) is 0 Å². The largest absolute Gasteiger partial charge is 0.499 e. The Kier molecular flexibility index (Phi) is 10.0. The molecule has 0 aromatic rings. The third kappa shape index (κ3) is 5.17. The minimum Gasteiger partial charge on any atom is -0.377 e. The van der Waals surface area contributed by atoms with Gasteiger partial charge in [0.05, 0.1) is 0 Å². The summed E-state index contributed by atoms with van der Waals surface area (Å²) in [6, 6.07) is 0.816. The van der Waals surface area contributed by atoms with Gasteiger partial charge < -0.3 is 13.3 Å². The predicted molar refractivity (Wildman–Crippen MR) is 45.7 cm³/mol. The van der Waals surface area contributed by atoms with E-state index in [2.05, 4.69) is 0 Å². The maximum atomic E-state index is 8.35. The molecule has 72 valence electrons. The van der Waals surface area contributed by atoms with Gasteiger partial charge in [-0.05, 0) is 0 Å². The molecule has 0 spiro atoms. The molecule has 0 radical (unpaired) electrons. The molecule has 0 aliphatic rings. The molecule has 0 fully saturated rings. The monoisotopic (exact) mass is 193 g/mol. The van der Waals surface area contributed by atoms with Gasteiger partial charge in [0.15, 0.2) is 0 Å². The number of isocyanates is 1. The highest BCUT2D eigenvalue weighted by Crippen LogP contribution is 2.10. The van der Waals surface area contributed by atoms with Gasteiger partial charge in [-0.25, -0.2) is 10.2 Å². The number of rotatable bonds is 4. The van der Waals surface area contributed by atoms with Crippen LogP contribution in [0, 0.1) is 5.41 Å². The molecule has 0 bridgehead atoms. The van der Waals surface area contributed by atoms with Gasteiger partial charge in [0.1, 0.15) is 0 Å². The molecule has 0 aliphatic heterocycles. The van der Waals surface area contributed by atoms with Crippen LogP contribution in [0.1, 0.15) is 6.92 Å². The first-order valence-electron chi connectivity index (χ1n) is 3.35. The third-order valence-electron chi connectivity index (χ3n) is 1.37. The third-order valence-corrected chi connectivity index (χ3v) is 4.10. The van der Waals surface area contributed by atoms with Crippen LogP contribution >= 0.6 is 0 Å². The first-order valence-corrected chi connectivity index (χ1v) is 5.28. The van der Waals surface area contributed by atoms with Gasteiger partial charge in [-0.2, -0.15) is 0 Å². The van der Waals surface area contributed by atoms with Crippen molar-refractivity contribution in [2.24, 2.45) is 0 Å². The van der Waals surface area contributed by atoms with Crippen molar-refractivity contribution in [3.05, 3.63) is 0 Å². The van der Waals surface area contributed by atoms with Crippen molar-refractivity contribution >= 4 is 14.9 Å². The van der Waals surface area contributed by atoms with Crippen LogP contribution in [0.4, 0.5) is 0 Å². The van der Waals surface area contributed by atoms with Crippen LogP contribution in [0.3, 0.4) is 0 Å². The van der Waals surface area contributed by atoms with Gasteiger partial charge in [0.2, 0.25) is 6.08 Å². The Bertz CT molecular complexity index is 114. The minimum absolute atomic E-state index is 0.750. The lowest BCUT2D eigenvalue weighted by molar-refractivity contribution is 0.125. The van der Waals surface area contributed by atoms with Gasteiger partial charge >= 0.3 is 8.80 Å². The molecule has 12 heavy (non-hydrogen) atoms. The van der Waals surface area contributed by atoms with E-state index in [0.29, 0.717) is 0 Å². The summed E-state index contributed by atoms with van der Waals surface area (Å²) in [6.45, 7) is 1.99. The summed E-state index contributed by atoms with van der Waals surface area (Å²) in [4.78, 5) is 8.35. The number of nitrogens with one attached hydrogen (secondary N) is 1. The van der Waals surface area contributed by atoms with Crippen molar-refractivity contribution in [3.8, 4) is 0 Å². The molecule has 0 heterocycles. The van der Waals surface area contributed by atoms with Crippen molar-refractivity contribution in [3.63, 3.8) is 0 Å². The first-order chi connectivity index (χ1) is 5.66. The normalized spacial score (nSPS) is 9.67. The fourth-order valence-electron chi connectivity index (χ4n) is 0.683. The maximum absolute atomic E-state index is 8.35. The average molecular weight is 193 g/mol. The Hall–Kier alpha value is -0.523. The van der Waals surface area contributed by atoms with E-state index in [1.54, 1.807) is 21.3 Å². The molecule has 5 nitrogen and oxygen atoms in total. The summed E-state index contributed by atoms with van der Waals surface area (Å²) >= 11 is 0. The Labute approximate surface area is 73.5 Å². The summed E-state index contributed by atoms with van der Waals surface area (Å²) in [5.41, 5.74) is 0. The molecular formula is C6H15NO4Si. The molecule has 1 N–H and O–H groups in total. The van der Waals surface area contributed by atoms with Crippen molar-refractivity contribution in [2.45, 2.75) is 13.0 Å². The van der Waals surface area contributed by atoms with E-state index in [9.17, 15) is 0 Å². The Balaban J connectivity index is 0. The zero-order valence-electron chi connectivity index (χ0n) is 7.84. The van der Waals surface area contributed by atoms with Gasteiger partial charge in [0, 0.05) is 27.4 Å². The topological polar surface area (TPSA) is 68.6 Å². The van der Waals surface area contributed by atoms with E-state index in [4.69, 9.17) is 23.5 Å². The smallest absolute Gasteiger partial charge is 0.377 e. The molecule has 0 unspecified atom stereocenters. The van der Waals surface area contributed by atoms with E-state index in [1.165, 1.54) is 0 Å². The number of hydrogen-bond donors (Lipinski definition) is 1. The Morgan fingerprint density at radius 3 is 1.50 bits per heavy atom. The van der Waals surface area contributed by atoms with Crippen LogP contribution in [0.2, 0.25) is 6.04 Å². The zero-order chi connectivity index (χ0) is 10.0. The first kappa shape index (κ1) is 14.0.